The van der Waals surface area contributed by atoms with E-state index in [1.165, 1.54) is 19.3 Å². The second-order valence-electron chi connectivity index (χ2n) is 6.10. The van der Waals surface area contributed by atoms with Crippen LogP contribution < -0.4 is 14.2 Å². The molecule has 156 valence electrons. The summed E-state index contributed by atoms with van der Waals surface area (Å²) in [6.07, 6.45) is 17.5. The van der Waals surface area contributed by atoms with Crippen molar-refractivity contribution in [2.45, 2.75) is 0 Å². The molecule has 2 aromatic carbocycles. The van der Waals surface area contributed by atoms with Gasteiger partial charge >= 0.3 is 0 Å². The highest BCUT2D eigenvalue weighted by Crippen LogP contribution is 2.28. The van der Waals surface area contributed by atoms with Crippen LogP contribution in [-0.4, -0.2) is 31.2 Å². The number of methoxy groups -OCH3 is 1. The van der Waals surface area contributed by atoms with Crippen molar-refractivity contribution < 1.29 is 24.1 Å². The average molecular weight is 414 g/mol. The standard InChI is InChI=1S/C26H22O5/c1-4-16-30-24-13-8-20(9-14-24)6-11-22(27)19-23(28)12-7-21-10-15-25(31-17-5-2)26(18-21)29-3/h1-2,6-15,18-19,28H,16-17H2,3H3/b11-6+,12-7+,23-19?. The number of aliphatic hydroxyl groups excluding tert-OH is 1. The SMILES string of the molecule is C#CCOc1ccc(/C=C/C(=O)C=C(O)/C=C/c2ccc(OCC#C)c(OC)c2)cc1. The lowest BCUT2D eigenvalue weighted by Gasteiger charge is -2.09. The third-order valence-corrected chi connectivity index (χ3v) is 3.88. The van der Waals surface area contributed by atoms with E-state index in [4.69, 9.17) is 27.1 Å². The van der Waals surface area contributed by atoms with E-state index in [1.54, 1.807) is 54.6 Å². The molecule has 0 aromatic heterocycles. The molecule has 0 aliphatic rings. The van der Waals surface area contributed by atoms with Crippen LogP contribution >= 0.6 is 0 Å². The molecule has 0 amide bonds. The van der Waals surface area contributed by atoms with Gasteiger partial charge in [0.05, 0.1) is 7.11 Å². The first-order valence-corrected chi connectivity index (χ1v) is 9.27. The van der Waals surface area contributed by atoms with E-state index in [2.05, 4.69) is 11.8 Å². The third-order valence-electron chi connectivity index (χ3n) is 3.88. The van der Waals surface area contributed by atoms with Crippen LogP contribution in [0.2, 0.25) is 0 Å². The Hall–Kier alpha value is -4.35. The molecule has 0 radical (unpaired) electrons. The number of carbonyl (C=O) groups excluding carboxylic acids is 1. The number of rotatable bonds is 10. The molecule has 0 atom stereocenters. The fourth-order valence-electron chi connectivity index (χ4n) is 2.43. The summed E-state index contributed by atoms with van der Waals surface area (Å²) in [5, 5.41) is 10.0. The fraction of sp³-hybridized carbons (Fsp3) is 0.115. The van der Waals surface area contributed by atoms with Crippen molar-refractivity contribution in [1.29, 1.82) is 0 Å². The van der Waals surface area contributed by atoms with Gasteiger partial charge in [-0.3, -0.25) is 4.79 Å². The summed E-state index contributed by atoms with van der Waals surface area (Å²) in [5.41, 5.74) is 1.56. The van der Waals surface area contributed by atoms with Crippen LogP contribution in [0.5, 0.6) is 17.2 Å². The van der Waals surface area contributed by atoms with Gasteiger partial charge in [-0.2, -0.15) is 0 Å². The number of allylic oxidation sites excluding steroid dienone is 3. The quantitative estimate of drug-likeness (QED) is 0.269. The van der Waals surface area contributed by atoms with Crippen LogP contribution in [-0.2, 0) is 4.79 Å². The van der Waals surface area contributed by atoms with Gasteiger partial charge in [-0.25, -0.2) is 0 Å². The second kappa shape index (κ2) is 12.3. The molecule has 2 rings (SSSR count). The number of terminal acetylenes is 2. The first-order valence-electron chi connectivity index (χ1n) is 9.27. The first-order chi connectivity index (χ1) is 15.0. The van der Waals surface area contributed by atoms with Crippen molar-refractivity contribution >= 4 is 17.9 Å². The average Bonchev–Trinajstić information content (AvgIpc) is 2.79. The van der Waals surface area contributed by atoms with E-state index in [1.807, 2.05) is 0 Å². The number of carbonyl (C=O) groups is 1. The van der Waals surface area contributed by atoms with Crippen LogP contribution in [0.25, 0.3) is 12.2 Å². The van der Waals surface area contributed by atoms with E-state index in [0.717, 1.165) is 17.2 Å². The zero-order chi connectivity index (χ0) is 22.5. The lowest BCUT2D eigenvalue weighted by atomic mass is 10.1. The molecule has 0 fully saturated rings. The number of hydrogen-bond donors (Lipinski definition) is 1. The second-order valence-corrected chi connectivity index (χ2v) is 6.10. The monoisotopic (exact) mass is 414 g/mol. The van der Waals surface area contributed by atoms with Crippen LogP contribution in [0, 0.1) is 24.7 Å². The molecule has 0 aliphatic carbocycles. The molecule has 5 heteroatoms. The Bertz CT molecular complexity index is 1060. The Morgan fingerprint density at radius 1 is 0.935 bits per heavy atom. The van der Waals surface area contributed by atoms with E-state index in [-0.39, 0.29) is 24.8 Å². The molecule has 1 N–H and O–H groups in total. The third kappa shape index (κ3) is 7.89. The summed E-state index contributed by atoms with van der Waals surface area (Å²) >= 11 is 0. The molecule has 0 unspecified atom stereocenters. The molecule has 0 bridgehead atoms. The first kappa shape index (κ1) is 22.9. The van der Waals surface area contributed by atoms with Crippen LogP contribution in [0.4, 0.5) is 0 Å². The minimum absolute atomic E-state index is 0.133. The molecule has 0 spiro atoms. The van der Waals surface area contributed by atoms with Gasteiger partial charge in [0.15, 0.2) is 17.3 Å². The number of aliphatic hydroxyl groups is 1. The Morgan fingerprint density at radius 2 is 1.58 bits per heavy atom. The van der Waals surface area contributed by atoms with Gasteiger partial charge in [0.2, 0.25) is 0 Å². The van der Waals surface area contributed by atoms with Crippen molar-refractivity contribution in [3.05, 3.63) is 77.6 Å². The van der Waals surface area contributed by atoms with E-state index >= 15 is 0 Å². The zero-order valence-electron chi connectivity index (χ0n) is 17.1. The van der Waals surface area contributed by atoms with Crippen molar-refractivity contribution in [2.24, 2.45) is 0 Å². The maximum Gasteiger partial charge on any atom is 0.182 e. The van der Waals surface area contributed by atoms with Crippen molar-refractivity contribution in [2.75, 3.05) is 20.3 Å². The van der Waals surface area contributed by atoms with E-state index < -0.39 is 0 Å². The highest BCUT2D eigenvalue weighted by Gasteiger charge is 2.04. The van der Waals surface area contributed by atoms with Gasteiger partial charge in [-0.1, -0.05) is 42.2 Å². The van der Waals surface area contributed by atoms with Gasteiger partial charge in [-0.05, 0) is 47.5 Å². The van der Waals surface area contributed by atoms with Crippen LogP contribution in [0.1, 0.15) is 11.1 Å². The van der Waals surface area contributed by atoms with Gasteiger partial charge in [-0.15, -0.1) is 12.8 Å². The Labute approximate surface area is 182 Å². The van der Waals surface area contributed by atoms with Crippen molar-refractivity contribution in [1.82, 2.24) is 0 Å². The molecule has 5 nitrogen and oxygen atoms in total. The molecule has 31 heavy (non-hydrogen) atoms. The number of hydrogen-bond acceptors (Lipinski definition) is 5. The normalized spacial score (nSPS) is 11.1. The largest absolute Gasteiger partial charge is 0.508 e. The summed E-state index contributed by atoms with van der Waals surface area (Å²) in [4.78, 5) is 12.0. The maximum absolute atomic E-state index is 12.0. The molecular weight excluding hydrogens is 392 g/mol. The van der Waals surface area contributed by atoms with E-state index in [9.17, 15) is 9.90 Å². The summed E-state index contributed by atoms with van der Waals surface area (Å²) in [5.74, 6) is 5.92. The van der Waals surface area contributed by atoms with Gasteiger partial charge < -0.3 is 19.3 Å². The number of benzene rings is 2. The lowest BCUT2D eigenvalue weighted by Crippen LogP contribution is -1.96. The van der Waals surface area contributed by atoms with Crippen LogP contribution in [0.3, 0.4) is 0 Å². The minimum Gasteiger partial charge on any atom is -0.508 e. The molecule has 2 aromatic rings. The Kier molecular flexibility index (Phi) is 9.07. The molecule has 0 saturated heterocycles. The Balaban J connectivity index is 1.98. The topological polar surface area (TPSA) is 65.0 Å². The van der Waals surface area contributed by atoms with Crippen LogP contribution in [0.15, 0.2) is 66.5 Å². The smallest absolute Gasteiger partial charge is 0.182 e. The summed E-state index contributed by atoms with van der Waals surface area (Å²) in [7, 11) is 1.52. The van der Waals surface area contributed by atoms with Gasteiger partial charge in [0.1, 0.15) is 24.7 Å². The molecule has 0 aliphatic heterocycles. The van der Waals surface area contributed by atoms with Gasteiger partial charge in [0, 0.05) is 6.08 Å². The van der Waals surface area contributed by atoms with Crippen molar-refractivity contribution in [3.8, 4) is 41.9 Å². The number of ketones is 1. The predicted molar refractivity (Wildman–Crippen MR) is 122 cm³/mol. The van der Waals surface area contributed by atoms with Crippen molar-refractivity contribution in [3.63, 3.8) is 0 Å². The Morgan fingerprint density at radius 3 is 2.26 bits per heavy atom. The molecule has 0 heterocycles. The maximum atomic E-state index is 12.0. The highest BCUT2D eigenvalue weighted by molar-refractivity contribution is 6.02. The summed E-state index contributed by atoms with van der Waals surface area (Å²) in [6.45, 7) is 0.329. The fourth-order valence-corrected chi connectivity index (χ4v) is 2.43. The highest BCUT2D eigenvalue weighted by atomic mass is 16.5. The molecule has 0 saturated carbocycles. The summed E-state index contributed by atoms with van der Waals surface area (Å²) in [6, 6.07) is 12.3. The lowest BCUT2D eigenvalue weighted by molar-refractivity contribution is -0.110. The van der Waals surface area contributed by atoms with E-state index in [0.29, 0.717) is 17.2 Å². The minimum atomic E-state index is -0.356. The predicted octanol–water partition coefficient (Wildman–Crippen LogP) is 4.46. The molecular formula is C26H22O5. The zero-order valence-corrected chi connectivity index (χ0v) is 17.1. The number of ether oxygens (including phenoxy) is 3. The van der Waals surface area contributed by atoms with Gasteiger partial charge in [0.25, 0.3) is 0 Å². The summed E-state index contributed by atoms with van der Waals surface area (Å²) < 4.78 is 15.9.